The zero-order chi connectivity index (χ0) is 9.19. The molecule has 0 radical (unpaired) electrons. The molecule has 1 nitrogen and oxygen atoms in total. The summed E-state index contributed by atoms with van der Waals surface area (Å²) in [6.45, 7) is 13.2. The van der Waals surface area contributed by atoms with Gasteiger partial charge in [-0.1, -0.05) is 27.4 Å². The van der Waals surface area contributed by atoms with Gasteiger partial charge in [-0.15, -0.1) is 0 Å². The van der Waals surface area contributed by atoms with Crippen LogP contribution in [0.3, 0.4) is 0 Å². The normalized spacial score (nSPS) is 21.1. The van der Waals surface area contributed by atoms with Crippen molar-refractivity contribution < 1.29 is 0 Å². The molecule has 0 aliphatic carbocycles. The maximum Gasteiger partial charge on any atom is 0.0175 e. The van der Waals surface area contributed by atoms with Gasteiger partial charge in [0.15, 0.2) is 0 Å². The average molecular weight is 167 g/mol. The minimum absolute atomic E-state index is 0.493. The fourth-order valence-corrected chi connectivity index (χ4v) is 1.95. The van der Waals surface area contributed by atoms with Gasteiger partial charge in [-0.25, -0.2) is 0 Å². The Kier molecular flexibility index (Phi) is 2.81. The van der Waals surface area contributed by atoms with Crippen LogP contribution in [0.5, 0.6) is 0 Å². The predicted molar refractivity (Wildman–Crippen MR) is 53.9 cm³/mol. The zero-order valence-electron chi connectivity index (χ0n) is 8.64. The Balaban J connectivity index is 2.41. The highest BCUT2D eigenvalue weighted by molar-refractivity contribution is 4.83. The van der Waals surface area contributed by atoms with E-state index in [9.17, 15) is 0 Å². The molecule has 0 unspecified atom stereocenters. The topological polar surface area (TPSA) is 3.24 Å². The Morgan fingerprint density at radius 1 is 1.25 bits per heavy atom. The smallest absolute Gasteiger partial charge is 0.0175 e. The molecule has 0 bridgehead atoms. The van der Waals surface area contributed by atoms with Gasteiger partial charge in [0.25, 0.3) is 0 Å². The molecule has 1 saturated heterocycles. The van der Waals surface area contributed by atoms with Crippen LogP contribution in [0.25, 0.3) is 0 Å². The number of rotatable bonds is 1. The first-order chi connectivity index (χ1) is 5.54. The molecule has 1 fully saturated rings. The summed E-state index contributed by atoms with van der Waals surface area (Å²) < 4.78 is 0. The summed E-state index contributed by atoms with van der Waals surface area (Å²) >= 11 is 0. The Labute approximate surface area is 76.5 Å². The van der Waals surface area contributed by atoms with Gasteiger partial charge in [0.05, 0.1) is 0 Å². The van der Waals surface area contributed by atoms with E-state index in [4.69, 9.17) is 0 Å². The third-order valence-electron chi connectivity index (χ3n) is 3.01. The van der Waals surface area contributed by atoms with Crippen LogP contribution >= 0.6 is 0 Å². The van der Waals surface area contributed by atoms with Crippen molar-refractivity contribution in [3.05, 3.63) is 12.8 Å². The fourth-order valence-electron chi connectivity index (χ4n) is 1.95. The lowest BCUT2D eigenvalue weighted by atomic mass is 9.75. The van der Waals surface area contributed by atoms with Crippen LogP contribution in [0.15, 0.2) is 12.8 Å². The molecular weight excluding hydrogens is 146 g/mol. The van der Waals surface area contributed by atoms with Crippen LogP contribution in [0, 0.1) is 11.3 Å². The highest BCUT2D eigenvalue weighted by Gasteiger charge is 2.27. The zero-order valence-corrected chi connectivity index (χ0v) is 8.64. The molecule has 0 spiro atoms. The molecule has 0 aromatic rings. The van der Waals surface area contributed by atoms with Crippen LogP contribution in [-0.4, -0.2) is 18.0 Å². The molecule has 0 aromatic heterocycles. The van der Waals surface area contributed by atoms with Crippen LogP contribution in [-0.2, 0) is 0 Å². The van der Waals surface area contributed by atoms with Crippen molar-refractivity contribution in [2.75, 3.05) is 13.1 Å². The van der Waals surface area contributed by atoms with Crippen LogP contribution < -0.4 is 0 Å². The summed E-state index contributed by atoms with van der Waals surface area (Å²) in [4.78, 5) is 2.32. The Hall–Kier alpha value is -0.460. The first-order valence-electron chi connectivity index (χ1n) is 4.90. The van der Waals surface area contributed by atoms with E-state index >= 15 is 0 Å². The SMILES string of the molecule is C=CN1CCC(C(C)(C)C)CC1. The second kappa shape index (κ2) is 3.51. The molecule has 1 heterocycles. The maximum absolute atomic E-state index is 3.80. The van der Waals surface area contributed by atoms with Gasteiger partial charge in [-0.05, 0) is 30.4 Å². The summed E-state index contributed by atoms with van der Waals surface area (Å²) in [6, 6.07) is 0. The molecule has 1 rings (SSSR count). The predicted octanol–water partition coefficient (Wildman–Crippen LogP) is 2.89. The molecule has 1 aliphatic heterocycles. The number of hydrogen-bond acceptors (Lipinski definition) is 1. The van der Waals surface area contributed by atoms with Crippen molar-refractivity contribution in [2.45, 2.75) is 33.6 Å². The van der Waals surface area contributed by atoms with E-state index in [1.54, 1.807) is 0 Å². The molecule has 0 aromatic carbocycles. The van der Waals surface area contributed by atoms with E-state index in [1.165, 1.54) is 25.9 Å². The second-order valence-electron chi connectivity index (χ2n) is 4.86. The van der Waals surface area contributed by atoms with Crippen LogP contribution in [0.2, 0.25) is 0 Å². The van der Waals surface area contributed by atoms with Crippen LogP contribution in [0.4, 0.5) is 0 Å². The summed E-state index contributed by atoms with van der Waals surface area (Å²) in [5.74, 6) is 0.897. The number of hydrogen-bond donors (Lipinski definition) is 0. The molecule has 0 N–H and O–H groups in total. The lowest BCUT2D eigenvalue weighted by molar-refractivity contribution is 0.140. The summed E-state index contributed by atoms with van der Waals surface area (Å²) in [5, 5.41) is 0. The minimum atomic E-state index is 0.493. The molecular formula is C11H21N. The number of piperidine rings is 1. The highest BCUT2D eigenvalue weighted by atomic mass is 15.1. The highest BCUT2D eigenvalue weighted by Crippen LogP contribution is 2.34. The lowest BCUT2D eigenvalue weighted by Gasteiger charge is -2.38. The van der Waals surface area contributed by atoms with Crippen molar-refractivity contribution in [3.63, 3.8) is 0 Å². The summed E-state index contributed by atoms with van der Waals surface area (Å²) in [6.07, 6.45) is 4.63. The minimum Gasteiger partial charge on any atom is -0.378 e. The van der Waals surface area contributed by atoms with E-state index in [-0.39, 0.29) is 0 Å². The van der Waals surface area contributed by atoms with Gasteiger partial charge < -0.3 is 4.90 Å². The lowest BCUT2D eigenvalue weighted by Crippen LogP contribution is -2.34. The molecule has 70 valence electrons. The van der Waals surface area contributed by atoms with Crippen LogP contribution in [0.1, 0.15) is 33.6 Å². The molecule has 12 heavy (non-hydrogen) atoms. The number of likely N-dealkylation sites (tertiary alicyclic amines) is 1. The Morgan fingerprint density at radius 3 is 2.08 bits per heavy atom. The van der Waals surface area contributed by atoms with Crippen molar-refractivity contribution in [2.24, 2.45) is 11.3 Å². The largest absolute Gasteiger partial charge is 0.378 e. The van der Waals surface area contributed by atoms with Gasteiger partial charge in [0.1, 0.15) is 0 Å². The van der Waals surface area contributed by atoms with Gasteiger partial charge >= 0.3 is 0 Å². The van der Waals surface area contributed by atoms with E-state index in [1.807, 2.05) is 6.20 Å². The molecule has 0 amide bonds. The Morgan fingerprint density at radius 2 is 1.75 bits per heavy atom. The first-order valence-corrected chi connectivity index (χ1v) is 4.90. The van der Waals surface area contributed by atoms with Crippen molar-refractivity contribution >= 4 is 0 Å². The van der Waals surface area contributed by atoms with Gasteiger partial charge in [0, 0.05) is 13.1 Å². The van der Waals surface area contributed by atoms with Gasteiger partial charge in [-0.3, -0.25) is 0 Å². The molecule has 1 heteroatoms. The summed E-state index contributed by atoms with van der Waals surface area (Å²) in [5.41, 5.74) is 0.493. The van der Waals surface area contributed by atoms with E-state index in [0.29, 0.717) is 5.41 Å². The third-order valence-corrected chi connectivity index (χ3v) is 3.01. The second-order valence-corrected chi connectivity index (χ2v) is 4.86. The van der Waals surface area contributed by atoms with E-state index in [2.05, 4.69) is 32.3 Å². The monoisotopic (exact) mass is 167 g/mol. The van der Waals surface area contributed by atoms with Crippen molar-refractivity contribution in [1.82, 2.24) is 4.90 Å². The average Bonchev–Trinajstić information content (AvgIpc) is 2.03. The quantitative estimate of drug-likeness (QED) is 0.580. The van der Waals surface area contributed by atoms with Gasteiger partial charge in [0.2, 0.25) is 0 Å². The standard InChI is InChI=1S/C11H21N/c1-5-12-8-6-10(7-9-12)11(2,3)4/h5,10H,1,6-9H2,2-4H3. The van der Waals surface area contributed by atoms with E-state index in [0.717, 1.165) is 5.92 Å². The first kappa shape index (κ1) is 9.63. The third kappa shape index (κ3) is 2.26. The fraction of sp³-hybridized carbons (Fsp3) is 0.818. The van der Waals surface area contributed by atoms with Crippen molar-refractivity contribution in [3.8, 4) is 0 Å². The van der Waals surface area contributed by atoms with E-state index < -0.39 is 0 Å². The number of nitrogens with zero attached hydrogens (tertiary/aromatic N) is 1. The Bertz CT molecular complexity index is 147. The molecule has 1 aliphatic rings. The summed E-state index contributed by atoms with van der Waals surface area (Å²) in [7, 11) is 0. The maximum atomic E-state index is 3.80. The molecule has 0 saturated carbocycles. The molecule has 0 atom stereocenters. The van der Waals surface area contributed by atoms with Gasteiger partial charge in [-0.2, -0.15) is 0 Å². The van der Waals surface area contributed by atoms with Crippen molar-refractivity contribution in [1.29, 1.82) is 0 Å².